The Morgan fingerprint density at radius 2 is 1.74 bits per heavy atom. The fourth-order valence-corrected chi connectivity index (χ4v) is 3.03. The summed E-state index contributed by atoms with van der Waals surface area (Å²) < 4.78 is 1.98. The largest absolute Gasteiger partial charge is 0.399 e. The van der Waals surface area contributed by atoms with Gasteiger partial charge in [0.25, 0.3) is 0 Å². The van der Waals surface area contributed by atoms with Gasteiger partial charge in [0.2, 0.25) is 0 Å². The van der Waals surface area contributed by atoms with Gasteiger partial charge >= 0.3 is 0 Å². The van der Waals surface area contributed by atoms with Crippen molar-refractivity contribution in [3.8, 4) is 16.9 Å². The number of aryl methyl sites for hydroxylation is 2. The van der Waals surface area contributed by atoms with Crippen LogP contribution in [0.3, 0.4) is 0 Å². The molecule has 27 heavy (non-hydrogen) atoms. The summed E-state index contributed by atoms with van der Waals surface area (Å²) >= 11 is 0. The second kappa shape index (κ2) is 6.96. The van der Waals surface area contributed by atoms with Crippen LogP contribution in [0.15, 0.2) is 72.9 Å². The van der Waals surface area contributed by atoms with E-state index < -0.39 is 0 Å². The molecule has 2 heterocycles. The maximum atomic E-state index is 5.75. The number of nitrogens with zero attached hydrogens (tertiary/aromatic N) is 3. The van der Waals surface area contributed by atoms with Gasteiger partial charge in [0.05, 0.1) is 17.1 Å². The van der Waals surface area contributed by atoms with Crippen LogP contribution in [-0.2, 0) is 0 Å². The molecule has 0 unspecified atom stereocenters. The number of nitrogens with one attached hydrogen (secondary N) is 1. The smallest absolute Gasteiger partial charge is 0.130 e. The predicted molar refractivity (Wildman–Crippen MR) is 110 cm³/mol. The van der Waals surface area contributed by atoms with Crippen molar-refractivity contribution in [1.29, 1.82) is 0 Å². The molecular formula is C22H21N5. The third-order valence-corrected chi connectivity index (χ3v) is 4.32. The molecule has 0 aliphatic carbocycles. The van der Waals surface area contributed by atoms with Crippen LogP contribution in [0, 0.1) is 13.8 Å². The number of nitrogens with two attached hydrogens (primary N) is 1. The van der Waals surface area contributed by atoms with Crippen molar-refractivity contribution in [3.63, 3.8) is 0 Å². The molecule has 0 spiro atoms. The molecule has 134 valence electrons. The molecule has 0 atom stereocenters. The van der Waals surface area contributed by atoms with Crippen LogP contribution in [0.2, 0.25) is 0 Å². The average molecular weight is 355 g/mol. The summed E-state index contributed by atoms with van der Waals surface area (Å²) in [6.45, 7) is 4.09. The van der Waals surface area contributed by atoms with Gasteiger partial charge in [-0.2, -0.15) is 5.10 Å². The molecule has 2 aromatic heterocycles. The van der Waals surface area contributed by atoms with E-state index in [1.165, 1.54) is 5.56 Å². The minimum absolute atomic E-state index is 0.736. The Morgan fingerprint density at radius 1 is 0.926 bits per heavy atom. The second-order valence-corrected chi connectivity index (χ2v) is 6.60. The van der Waals surface area contributed by atoms with Gasteiger partial charge in [-0.3, -0.25) is 0 Å². The Morgan fingerprint density at radius 3 is 2.52 bits per heavy atom. The molecule has 0 saturated heterocycles. The lowest BCUT2D eigenvalue weighted by molar-refractivity contribution is 0.868. The van der Waals surface area contributed by atoms with Gasteiger partial charge in [-0.05, 0) is 74.0 Å². The van der Waals surface area contributed by atoms with Crippen molar-refractivity contribution >= 4 is 17.2 Å². The van der Waals surface area contributed by atoms with Crippen molar-refractivity contribution in [1.82, 2.24) is 14.8 Å². The molecular weight excluding hydrogens is 334 g/mol. The Bertz CT molecular complexity index is 1080. The van der Waals surface area contributed by atoms with Crippen LogP contribution in [0.5, 0.6) is 0 Å². The van der Waals surface area contributed by atoms with Gasteiger partial charge in [-0.15, -0.1) is 0 Å². The highest BCUT2D eigenvalue weighted by atomic mass is 15.3. The van der Waals surface area contributed by atoms with Gasteiger partial charge < -0.3 is 11.1 Å². The molecule has 0 radical (unpaired) electrons. The summed E-state index contributed by atoms with van der Waals surface area (Å²) in [6, 6.07) is 22.0. The van der Waals surface area contributed by atoms with Gasteiger partial charge in [-0.25, -0.2) is 9.67 Å². The highest BCUT2D eigenvalue weighted by molar-refractivity contribution is 5.68. The maximum Gasteiger partial charge on any atom is 0.130 e. The quantitative estimate of drug-likeness (QED) is 0.512. The fraction of sp³-hybridized carbons (Fsp3) is 0.0909. The summed E-state index contributed by atoms with van der Waals surface area (Å²) in [7, 11) is 0. The zero-order chi connectivity index (χ0) is 18.8. The van der Waals surface area contributed by atoms with Crippen LogP contribution in [0.1, 0.15) is 11.3 Å². The number of benzene rings is 2. The lowest BCUT2D eigenvalue weighted by Crippen LogP contribution is -2.00. The van der Waals surface area contributed by atoms with Crippen LogP contribution >= 0.6 is 0 Å². The first kappa shape index (κ1) is 16.8. The number of rotatable bonds is 4. The standard InChI is InChI=1S/C22H21N5/c1-15-4-3-5-20(12-15)27-21(13-16(2)26-27)17-10-11-24-22(14-17)25-19-8-6-18(23)7-9-19/h3-14H,23H2,1-2H3,(H,24,25). The number of hydrogen-bond acceptors (Lipinski definition) is 4. The molecule has 2 aromatic carbocycles. The normalized spacial score (nSPS) is 10.7. The number of aromatic nitrogens is 3. The Labute approximate surface area is 158 Å². The molecule has 3 N–H and O–H groups in total. The minimum atomic E-state index is 0.736. The van der Waals surface area contributed by atoms with Gasteiger partial charge in [0.1, 0.15) is 5.82 Å². The SMILES string of the molecule is Cc1cccc(-n2nc(C)cc2-c2ccnc(Nc3ccc(N)cc3)c2)c1. The molecule has 0 amide bonds. The molecule has 5 nitrogen and oxygen atoms in total. The predicted octanol–water partition coefficient (Wildman–Crippen LogP) is 4.88. The van der Waals surface area contributed by atoms with E-state index >= 15 is 0 Å². The van der Waals surface area contributed by atoms with Crippen molar-refractivity contribution in [2.24, 2.45) is 0 Å². The zero-order valence-corrected chi connectivity index (χ0v) is 15.3. The van der Waals surface area contributed by atoms with Crippen molar-refractivity contribution in [3.05, 3.63) is 84.2 Å². The Hall–Kier alpha value is -3.60. The second-order valence-electron chi connectivity index (χ2n) is 6.60. The molecule has 4 aromatic rings. The number of nitrogen functional groups attached to an aromatic ring is 1. The Balaban J connectivity index is 1.71. The van der Waals surface area contributed by atoms with Crippen molar-refractivity contribution in [2.75, 3.05) is 11.1 Å². The number of hydrogen-bond donors (Lipinski definition) is 2. The van der Waals surface area contributed by atoms with E-state index in [-0.39, 0.29) is 0 Å². The van der Waals surface area contributed by atoms with E-state index in [9.17, 15) is 0 Å². The highest BCUT2D eigenvalue weighted by Gasteiger charge is 2.11. The molecule has 5 heteroatoms. The van der Waals surface area contributed by atoms with Crippen LogP contribution in [0.4, 0.5) is 17.2 Å². The van der Waals surface area contributed by atoms with Gasteiger partial charge in [-0.1, -0.05) is 12.1 Å². The number of anilines is 3. The van der Waals surface area contributed by atoms with E-state index in [2.05, 4.69) is 46.6 Å². The van der Waals surface area contributed by atoms with Crippen LogP contribution in [-0.4, -0.2) is 14.8 Å². The first-order chi connectivity index (χ1) is 13.1. The summed E-state index contributed by atoms with van der Waals surface area (Å²) in [5, 5.41) is 8.00. The number of pyridine rings is 1. The lowest BCUT2D eigenvalue weighted by atomic mass is 10.1. The third kappa shape index (κ3) is 3.67. The molecule has 0 aliphatic rings. The van der Waals surface area contributed by atoms with E-state index in [1.54, 1.807) is 6.20 Å². The van der Waals surface area contributed by atoms with Gasteiger partial charge in [0.15, 0.2) is 0 Å². The summed E-state index contributed by atoms with van der Waals surface area (Å²) in [6.07, 6.45) is 1.80. The maximum absolute atomic E-state index is 5.75. The monoisotopic (exact) mass is 355 g/mol. The van der Waals surface area contributed by atoms with Crippen molar-refractivity contribution < 1.29 is 0 Å². The van der Waals surface area contributed by atoms with Crippen LogP contribution in [0.25, 0.3) is 16.9 Å². The molecule has 0 fully saturated rings. The Kier molecular flexibility index (Phi) is 4.34. The average Bonchev–Trinajstić information content (AvgIpc) is 3.06. The molecule has 0 aliphatic heterocycles. The van der Waals surface area contributed by atoms with Crippen LogP contribution < -0.4 is 11.1 Å². The summed E-state index contributed by atoms with van der Waals surface area (Å²) in [4.78, 5) is 4.43. The minimum Gasteiger partial charge on any atom is -0.399 e. The first-order valence-electron chi connectivity index (χ1n) is 8.81. The molecule has 0 bridgehead atoms. The lowest BCUT2D eigenvalue weighted by Gasteiger charge is -2.10. The van der Waals surface area contributed by atoms with E-state index in [4.69, 9.17) is 5.73 Å². The molecule has 4 rings (SSSR count). The van der Waals surface area contributed by atoms with E-state index in [0.717, 1.165) is 39.8 Å². The molecule has 0 saturated carbocycles. The zero-order valence-electron chi connectivity index (χ0n) is 15.3. The summed E-state index contributed by atoms with van der Waals surface area (Å²) in [5.74, 6) is 0.770. The van der Waals surface area contributed by atoms with Crippen molar-refractivity contribution in [2.45, 2.75) is 13.8 Å². The first-order valence-corrected chi connectivity index (χ1v) is 8.81. The van der Waals surface area contributed by atoms with E-state index in [1.807, 2.05) is 54.1 Å². The van der Waals surface area contributed by atoms with E-state index in [0.29, 0.717) is 0 Å². The van der Waals surface area contributed by atoms with Gasteiger partial charge in [0, 0.05) is 23.1 Å². The summed E-state index contributed by atoms with van der Waals surface area (Å²) in [5.41, 5.74) is 12.7. The fourth-order valence-electron chi connectivity index (χ4n) is 3.03. The topological polar surface area (TPSA) is 68.8 Å². The third-order valence-electron chi connectivity index (χ3n) is 4.32. The highest BCUT2D eigenvalue weighted by Crippen LogP contribution is 2.27.